The van der Waals surface area contributed by atoms with Crippen LogP contribution in [0.3, 0.4) is 0 Å². The number of allylic oxidation sites excluding steroid dienone is 4. The molecule has 0 spiro atoms. The number of carbonyl (C=O) groups is 1. The number of carbonyl (C=O) groups excluding carboxylic acids is 1. The van der Waals surface area contributed by atoms with Crippen LogP contribution in [-0.2, 0) is 9.53 Å². The highest BCUT2D eigenvalue weighted by atomic mass is 16.5. The molecule has 0 rings (SSSR count). The third-order valence-corrected chi connectivity index (χ3v) is 2.08. The van der Waals surface area contributed by atoms with Crippen molar-refractivity contribution in [3.8, 4) is 11.8 Å². The smallest absolute Gasteiger partial charge is 0.306 e. The van der Waals surface area contributed by atoms with Crippen LogP contribution in [0.2, 0.25) is 0 Å². The molecule has 0 unspecified atom stereocenters. The fraction of sp³-hybridized carbons (Fsp3) is 0.533. The molecule has 0 aliphatic heterocycles. The van der Waals surface area contributed by atoms with Gasteiger partial charge in [-0.05, 0) is 19.3 Å². The van der Waals surface area contributed by atoms with E-state index in [2.05, 4.69) is 47.8 Å². The number of unbranched alkanes of at least 4 members (excludes halogenated alkanes) is 1. The van der Waals surface area contributed by atoms with Crippen molar-refractivity contribution in [2.24, 2.45) is 0 Å². The van der Waals surface area contributed by atoms with Crippen LogP contribution < -0.4 is 0 Å². The molecule has 0 atom stereocenters. The summed E-state index contributed by atoms with van der Waals surface area (Å²) < 4.78 is 4.52. The van der Waals surface area contributed by atoms with Crippen molar-refractivity contribution in [3.05, 3.63) is 24.3 Å². The van der Waals surface area contributed by atoms with Crippen molar-refractivity contribution in [2.75, 3.05) is 7.11 Å². The maximum Gasteiger partial charge on any atom is 0.306 e. The maximum absolute atomic E-state index is 10.8. The largest absolute Gasteiger partial charge is 0.469 e. The molecule has 0 radical (unpaired) electrons. The van der Waals surface area contributed by atoms with E-state index in [1.165, 1.54) is 7.11 Å². The SMILES string of the molecule is CC/C=C\C/C=C\CCC#CCCC(=O)OC. The van der Waals surface area contributed by atoms with Gasteiger partial charge in [0.2, 0.25) is 0 Å². The lowest BCUT2D eigenvalue weighted by atomic mass is 10.2. The Morgan fingerprint density at radius 1 is 1.12 bits per heavy atom. The minimum absolute atomic E-state index is 0.193. The number of methoxy groups -OCH3 is 1. The number of rotatable bonds is 7. The first kappa shape index (κ1) is 15.5. The minimum Gasteiger partial charge on any atom is -0.469 e. The Morgan fingerprint density at radius 3 is 2.53 bits per heavy atom. The van der Waals surface area contributed by atoms with E-state index < -0.39 is 0 Å². The molecule has 0 aliphatic carbocycles. The summed E-state index contributed by atoms with van der Waals surface area (Å²) in [5.74, 6) is 5.81. The Hall–Kier alpha value is -1.49. The summed E-state index contributed by atoms with van der Waals surface area (Å²) in [5, 5.41) is 0. The Balaban J connectivity index is 3.41. The van der Waals surface area contributed by atoms with E-state index in [4.69, 9.17) is 0 Å². The highest BCUT2D eigenvalue weighted by Gasteiger charge is 1.95. The maximum atomic E-state index is 10.8. The molecule has 2 nitrogen and oxygen atoms in total. The number of esters is 1. The second-order valence-corrected chi connectivity index (χ2v) is 3.56. The van der Waals surface area contributed by atoms with Gasteiger partial charge >= 0.3 is 5.97 Å². The fourth-order valence-corrected chi connectivity index (χ4v) is 1.15. The van der Waals surface area contributed by atoms with E-state index in [0.29, 0.717) is 12.8 Å². The summed E-state index contributed by atoms with van der Waals surface area (Å²) in [6.07, 6.45) is 13.5. The lowest BCUT2D eigenvalue weighted by molar-refractivity contribution is -0.140. The van der Waals surface area contributed by atoms with Crippen LogP contribution in [0, 0.1) is 11.8 Å². The Kier molecular flexibility index (Phi) is 11.5. The third-order valence-electron chi connectivity index (χ3n) is 2.08. The molecular formula is C15H22O2. The molecule has 0 N–H and O–H groups in total. The van der Waals surface area contributed by atoms with Gasteiger partial charge in [-0.1, -0.05) is 31.2 Å². The van der Waals surface area contributed by atoms with E-state index >= 15 is 0 Å². The zero-order valence-corrected chi connectivity index (χ0v) is 10.9. The molecular weight excluding hydrogens is 212 g/mol. The quantitative estimate of drug-likeness (QED) is 0.291. The van der Waals surface area contributed by atoms with Gasteiger partial charge in [0.1, 0.15) is 0 Å². The molecule has 0 fully saturated rings. The standard InChI is InChI=1S/C15H22O2/c1-3-4-5-6-7-8-9-10-11-12-13-14-15(16)17-2/h4-5,7-8H,3,6,9-10,13-14H2,1-2H3/b5-4-,8-7-. The van der Waals surface area contributed by atoms with Crippen molar-refractivity contribution in [1.82, 2.24) is 0 Å². The van der Waals surface area contributed by atoms with Crippen molar-refractivity contribution in [1.29, 1.82) is 0 Å². The zero-order valence-electron chi connectivity index (χ0n) is 10.9. The van der Waals surface area contributed by atoms with E-state index in [1.54, 1.807) is 0 Å². The third kappa shape index (κ3) is 12.4. The zero-order chi connectivity index (χ0) is 12.8. The van der Waals surface area contributed by atoms with Crippen molar-refractivity contribution in [2.45, 2.75) is 45.4 Å². The normalized spacial score (nSPS) is 10.5. The molecule has 0 heterocycles. The Morgan fingerprint density at radius 2 is 1.82 bits per heavy atom. The molecule has 17 heavy (non-hydrogen) atoms. The van der Waals surface area contributed by atoms with E-state index in [9.17, 15) is 4.79 Å². The number of ether oxygens (including phenoxy) is 1. The van der Waals surface area contributed by atoms with Crippen LogP contribution >= 0.6 is 0 Å². The molecule has 2 heteroatoms. The number of hydrogen-bond acceptors (Lipinski definition) is 2. The molecule has 0 aromatic carbocycles. The van der Waals surface area contributed by atoms with Crippen LogP contribution in [0.1, 0.15) is 45.4 Å². The van der Waals surface area contributed by atoms with Gasteiger partial charge < -0.3 is 4.74 Å². The first-order chi connectivity index (χ1) is 8.31. The summed E-state index contributed by atoms with van der Waals surface area (Å²) in [7, 11) is 1.40. The van der Waals surface area contributed by atoms with Gasteiger partial charge in [0.05, 0.1) is 13.5 Å². The molecule has 0 aromatic heterocycles. The average molecular weight is 234 g/mol. The highest BCUT2D eigenvalue weighted by molar-refractivity contribution is 5.69. The molecule has 0 bridgehead atoms. The molecule has 0 saturated heterocycles. The number of hydrogen-bond donors (Lipinski definition) is 0. The van der Waals surface area contributed by atoms with E-state index in [-0.39, 0.29) is 5.97 Å². The molecule has 0 saturated carbocycles. The Bertz CT molecular complexity index is 303. The average Bonchev–Trinajstić information content (AvgIpc) is 2.35. The summed E-state index contributed by atoms with van der Waals surface area (Å²) >= 11 is 0. The second-order valence-electron chi connectivity index (χ2n) is 3.56. The van der Waals surface area contributed by atoms with Crippen LogP contribution in [-0.4, -0.2) is 13.1 Å². The summed E-state index contributed by atoms with van der Waals surface area (Å²) in [4.78, 5) is 10.8. The van der Waals surface area contributed by atoms with Crippen LogP contribution in [0.25, 0.3) is 0 Å². The van der Waals surface area contributed by atoms with E-state index in [1.807, 2.05) is 0 Å². The van der Waals surface area contributed by atoms with Crippen molar-refractivity contribution < 1.29 is 9.53 Å². The Labute approximate surface area is 105 Å². The second kappa shape index (κ2) is 12.6. The molecule has 0 aromatic rings. The molecule has 0 aliphatic rings. The summed E-state index contributed by atoms with van der Waals surface area (Å²) in [6, 6.07) is 0. The van der Waals surface area contributed by atoms with Crippen LogP contribution in [0.15, 0.2) is 24.3 Å². The van der Waals surface area contributed by atoms with Crippen molar-refractivity contribution >= 4 is 5.97 Å². The summed E-state index contributed by atoms with van der Waals surface area (Å²) in [6.45, 7) is 2.13. The fourth-order valence-electron chi connectivity index (χ4n) is 1.15. The summed E-state index contributed by atoms with van der Waals surface area (Å²) in [5.41, 5.74) is 0. The predicted molar refractivity (Wildman–Crippen MR) is 71.4 cm³/mol. The predicted octanol–water partition coefficient (Wildman–Crippen LogP) is 3.64. The first-order valence-electron chi connectivity index (χ1n) is 6.13. The first-order valence-corrected chi connectivity index (χ1v) is 6.13. The van der Waals surface area contributed by atoms with Crippen LogP contribution in [0.4, 0.5) is 0 Å². The topological polar surface area (TPSA) is 26.3 Å². The van der Waals surface area contributed by atoms with Crippen molar-refractivity contribution in [3.63, 3.8) is 0 Å². The van der Waals surface area contributed by atoms with Gasteiger partial charge in [0, 0.05) is 12.8 Å². The molecule has 0 amide bonds. The lowest BCUT2D eigenvalue weighted by Crippen LogP contribution is -1.98. The van der Waals surface area contributed by atoms with Crippen LogP contribution in [0.5, 0.6) is 0 Å². The van der Waals surface area contributed by atoms with E-state index in [0.717, 1.165) is 25.7 Å². The minimum atomic E-state index is -0.193. The lowest BCUT2D eigenvalue weighted by Gasteiger charge is -1.91. The monoisotopic (exact) mass is 234 g/mol. The van der Waals surface area contributed by atoms with Gasteiger partial charge in [-0.25, -0.2) is 0 Å². The highest BCUT2D eigenvalue weighted by Crippen LogP contribution is 1.94. The van der Waals surface area contributed by atoms with Gasteiger partial charge in [0.25, 0.3) is 0 Å². The van der Waals surface area contributed by atoms with Gasteiger partial charge in [-0.2, -0.15) is 0 Å². The molecule has 94 valence electrons. The van der Waals surface area contributed by atoms with Gasteiger partial charge in [0.15, 0.2) is 0 Å². The van der Waals surface area contributed by atoms with Gasteiger partial charge in [-0.3, -0.25) is 4.79 Å². The van der Waals surface area contributed by atoms with Gasteiger partial charge in [-0.15, -0.1) is 11.8 Å².